The SMILES string of the molecule is O=S(=O)(c1ccc(OC(F)(F)F)cc1)N1CCN(c2ccc3nnnn3n2)CC1. The lowest BCUT2D eigenvalue weighted by molar-refractivity contribution is -0.274. The zero-order chi connectivity index (χ0) is 20.6. The van der Waals surface area contributed by atoms with Crippen LogP contribution in [-0.2, 0) is 10.0 Å². The molecule has 154 valence electrons. The van der Waals surface area contributed by atoms with E-state index < -0.39 is 22.1 Å². The molecule has 0 spiro atoms. The van der Waals surface area contributed by atoms with Crippen LogP contribution in [0.5, 0.6) is 5.75 Å². The third-order valence-electron chi connectivity index (χ3n) is 4.31. The van der Waals surface area contributed by atoms with E-state index in [1.807, 2.05) is 4.90 Å². The van der Waals surface area contributed by atoms with Crippen molar-refractivity contribution in [2.75, 3.05) is 31.1 Å². The number of fused-ring (bicyclic) bond motifs is 1. The Bertz CT molecular complexity index is 1110. The van der Waals surface area contributed by atoms with Crippen molar-refractivity contribution >= 4 is 21.5 Å². The number of aromatic nitrogens is 5. The predicted molar refractivity (Wildman–Crippen MR) is 92.7 cm³/mol. The number of halogens is 3. The Kier molecular flexibility index (Phi) is 4.74. The van der Waals surface area contributed by atoms with Gasteiger partial charge in [0, 0.05) is 26.2 Å². The minimum Gasteiger partial charge on any atom is -0.406 e. The molecule has 1 aromatic carbocycles. The van der Waals surface area contributed by atoms with Crippen LogP contribution in [0.3, 0.4) is 0 Å². The summed E-state index contributed by atoms with van der Waals surface area (Å²) in [7, 11) is -3.84. The summed E-state index contributed by atoms with van der Waals surface area (Å²) >= 11 is 0. The number of hydrogen-bond acceptors (Lipinski definition) is 8. The molecule has 0 amide bonds. The highest BCUT2D eigenvalue weighted by atomic mass is 32.2. The number of rotatable bonds is 4. The molecule has 0 unspecified atom stereocenters. The predicted octanol–water partition coefficient (Wildman–Crippen LogP) is 0.929. The standard InChI is InChI=1S/C15H14F3N7O3S/c16-15(17,18)28-11-1-3-12(4-2-11)29(26,27)24-9-7-23(8-10-24)14-6-5-13-19-21-22-25(13)20-14/h1-6H,7-10H2. The number of nitrogens with zero attached hydrogens (tertiary/aromatic N) is 7. The molecule has 1 aliphatic heterocycles. The van der Waals surface area contributed by atoms with Crippen molar-refractivity contribution in [3.63, 3.8) is 0 Å². The van der Waals surface area contributed by atoms with E-state index in [4.69, 9.17) is 0 Å². The maximum atomic E-state index is 12.8. The van der Waals surface area contributed by atoms with Crippen LogP contribution in [0, 0.1) is 0 Å². The van der Waals surface area contributed by atoms with Gasteiger partial charge < -0.3 is 9.64 Å². The van der Waals surface area contributed by atoms with Crippen LogP contribution in [0.15, 0.2) is 41.3 Å². The van der Waals surface area contributed by atoms with Gasteiger partial charge in [0.05, 0.1) is 4.90 Å². The number of alkyl halides is 3. The normalized spacial score (nSPS) is 16.3. The Morgan fingerprint density at radius 1 is 0.966 bits per heavy atom. The van der Waals surface area contributed by atoms with Gasteiger partial charge in [0.1, 0.15) is 5.75 Å². The van der Waals surface area contributed by atoms with E-state index in [0.29, 0.717) is 24.6 Å². The van der Waals surface area contributed by atoms with Crippen molar-refractivity contribution in [1.82, 2.24) is 29.6 Å². The van der Waals surface area contributed by atoms with Crippen LogP contribution in [0.2, 0.25) is 0 Å². The second-order valence-corrected chi connectivity index (χ2v) is 8.07. The smallest absolute Gasteiger partial charge is 0.406 e. The minimum atomic E-state index is -4.84. The van der Waals surface area contributed by atoms with Crippen LogP contribution in [0.4, 0.5) is 19.0 Å². The van der Waals surface area contributed by atoms with Crippen LogP contribution in [-0.4, -0.2) is 70.5 Å². The second kappa shape index (κ2) is 7.11. The van der Waals surface area contributed by atoms with Gasteiger partial charge in [-0.2, -0.15) is 4.31 Å². The number of hydrogen-bond donors (Lipinski definition) is 0. The lowest BCUT2D eigenvalue weighted by atomic mass is 10.3. The molecular formula is C15H14F3N7O3S. The number of tetrazole rings is 1. The molecule has 0 N–H and O–H groups in total. The number of benzene rings is 1. The molecule has 4 rings (SSSR count). The molecule has 3 aromatic rings. The average Bonchev–Trinajstić information content (AvgIpc) is 3.15. The monoisotopic (exact) mass is 429 g/mol. The Morgan fingerprint density at radius 3 is 2.31 bits per heavy atom. The first-order valence-corrected chi connectivity index (χ1v) is 9.83. The number of sulfonamides is 1. The summed E-state index contributed by atoms with van der Waals surface area (Å²) in [6.07, 6.45) is -4.84. The zero-order valence-electron chi connectivity index (χ0n) is 14.7. The first-order valence-electron chi connectivity index (χ1n) is 8.39. The Morgan fingerprint density at radius 2 is 1.66 bits per heavy atom. The summed E-state index contributed by atoms with van der Waals surface area (Å²) in [4.78, 5) is 1.79. The molecule has 2 aromatic heterocycles. The Balaban J connectivity index is 1.44. The lowest BCUT2D eigenvalue weighted by Crippen LogP contribution is -2.49. The fourth-order valence-electron chi connectivity index (χ4n) is 2.93. The van der Waals surface area contributed by atoms with Gasteiger partial charge in [-0.25, -0.2) is 8.42 Å². The lowest BCUT2D eigenvalue weighted by Gasteiger charge is -2.34. The average molecular weight is 429 g/mol. The third-order valence-corrected chi connectivity index (χ3v) is 6.23. The fraction of sp³-hybridized carbons (Fsp3) is 0.333. The maximum Gasteiger partial charge on any atom is 0.573 e. The van der Waals surface area contributed by atoms with E-state index in [2.05, 4.69) is 25.4 Å². The zero-order valence-corrected chi connectivity index (χ0v) is 15.5. The van der Waals surface area contributed by atoms with Gasteiger partial charge in [-0.1, -0.05) is 0 Å². The number of piperazine rings is 1. The summed E-state index contributed by atoms with van der Waals surface area (Å²) in [5.41, 5.74) is 0.493. The van der Waals surface area contributed by atoms with Gasteiger partial charge in [-0.15, -0.1) is 28.0 Å². The molecule has 14 heteroatoms. The van der Waals surface area contributed by atoms with Crippen molar-refractivity contribution in [3.8, 4) is 5.75 Å². The summed E-state index contributed by atoms with van der Waals surface area (Å²) in [5, 5.41) is 15.3. The largest absolute Gasteiger partial charge is 0.573 e. The van der Waals surface area contributed by atoms with Crippen molar-refractivity contribution in [2.45, 2.75) is 11.3 Å². The van der Waals surface area contributed by atoms with E-state index >= 15 is 0 Å². The van der Waals surface area contributed by atoms with E-state index in [-0.39, 0.29) is 18.0 Å². The van der Waals surface area contributed by atoms with Gasteiger partial charge in [0.2, 0.25) is 10.0 Å². The van der Waals surface area contributed by atoms with Gasteiger partial charge >= 0.3 is 6.36 Å². The summed E-state index contributed by atoms with van der Waals surface area (Å²) in [5.74, 6) is 0.126. The topological polar surface area (TPSA) is 106 Å². The molecule has 10 nitrogen and oxygen atoms in total. The number of ether oxygens (including phenoxy) is 1. The highest BCUT2D eigenvalue weighted by molar-refractivity contribution is 7.89. The van der Waals surface area contributed by atoms with Crippen molar-refractivity contribution in [3.05, 3.63) is 36.4 Å². The van der Waals surface area contributed by atoms with Crippen LogP contribution < -0.4 is 9.64 Å². The van der Waals surface area contributed by atoms with Crippen molar-refractivity contribution < 1.29 is 26.3 Å². The molecule has 1 fully saturated rings. The molecule has 0 bridgehead atoms. The third kappa shape index (κ3) is 4.07. The van der Waals surface area contributed by atoms with Gasteiger partial charge in [0.25, 0.3) is 0 Å². The molecule has 1 aliphatic rings. The molecular weight excluding hydrogens is 415 g/mol. The van der Waals surface area contributed by atoms with E-state index in [1.54, 1.807) is 12.1 Å². The van der Waals surface area contributed by atoms with E-state index in [1.165, 1.54) is 8.94 Å². The maximum absolute atomic E-state index is 12.8. The van der Waals surface area contributed by atoms with Crippen molar-refractivity contribution in [2.24, 2.45) is 0 Å². The Hall–Kier alpha value is -3.00. The molecule has 0 radical (unpaired) electrons. The first-order chi connectivity index (χ1) is 13.7. The first kappa shape index (κ1) is 19.3. The molecule has 29 heavy (non-hydrogen) atoms. The molecule has 0 atom stereocenters. The Labute approximate surface area is 162 Å². The molecule has 0 saturated carbocycles. The van der Waals surface area contributed by atoms with Crippen LogP contribution in [0.1, 0.15) is 0 Å². The molecule has 0 aliphatic carbocycles. The quantitative estimate of drug-likeness (QED) is 0.603. The highest BCUT2D eigenvalue weighted by Crippen LogP contribution is 2.26. The second-order valence-electron chi connectivity index (χ2n) is 6.13. The van der Waals surface area contributed by atoms with E-state index in [0.717, 1.165) is 24.3 Å². The van der Waals surface area contributed by atoms with Gasteiger partial charge in [-0.05, 0) is 46.8 Å². The summed E-state index contributed by atoms with van der Waals surface area (Å²) < 4.78 is 68.6. The number of anilines is 1. The molecule has 3 heterocycles. The van der Waals surface area contributed by atoms with Crippen LogP contribution >= 0.6 is 0 Å². The highest BCUT2D eigenvalue weighted by Gasteiger charge is 2.32. The van der Waals surface area contributed by atoms with Gasteiger partial charge in [-0.3, -0.25) is 0 Å². The van der Waals surface area contributed by atoms with E-state index in [9.17, 15) is 21.6 Å². The van der Waals surface area contributed by atoms with Crippen LogP contribution in [0.25, 0.3) is 5.65 Å². The van der Waals surface area contributed by atoms with Gasteiger partial charge in [0.15, 0.2) is 11.5 Å². The fourth-order valence-corrected chi connectivity index (χ4v) is 4.35. The minimum absolute atomic E-state index is 0.103. The van der Waals surface area contributed by atoms with Crippen molar-refractivity contribution in [1.29, 1.82) is 0 Å². The molecule has 1 saturated heterocycles. The summed E-state index contributed by atoms with van der Waals surface area (Å²) in [6.45, 7) is 1.15. The summed E-state index contributed by atoms with van der Waals surface area (Å²) in [6, 6.07) is 7.58.